The first kappa shape index (κ1) is 23.1. The van der Waals surface area contributed by atoms with E-state index in [9.17, 15) is 13.2 Å². The van der Waals surface area contributed by atoms with E-state index in [2.05, 4.69) is 20.6 Å². The van der Waals surface area contributed by atoms with Crippen molar-refractivity contribution in [1.29, 1.82) is 0 Å². The van der Waals surface area contributed by atoms with E-state index in [1.165, 1.54) is 6.20 Å². The van der Waals surface area contributed by atoms with Gasteiger partial charge in [0, 0.05) is 31.3 Å². The summed E-state index contributed by atoms with van der Waals surface area (Å²) in [5, 5.41) is 6.22. The van der Waals surface area contributed by atoms with Crippen molar-refractivity contribution in [3.8, 4) is 5.88 Å². The SMILES string of the molecule is CCNC(=NCc1cccnc1OCC(F)(F)F)NCCc1ccco1.I. The topological polar surface area (TPSA) is 71.7 Å². The van der Waals surface area contributed by atoms with Crippen molar-refractivity contribution in [2.45, 2.75) is 26.1 Å². The number of alkyl halides is 3. The third-order valence-corrected chi connectivity index (χ3v) is 3.22. The molecule has 0 aliphatic rings. The van der Waals surface area contributed by atoms with Gasteiger partial charge in [0.1, 0.15) is 5.76 Å². The Morgan fingerprint density at radius 3 is 2.74 bits per heavy atom. The van der Waals surface area contributed by atoms with Crippen molar-refractivity contribution < 1.29 is 22.3 Å². The number of guanidine groups is 1. The molecule has 27 heavy (non-hydrogen) atoms. The molecular formula is C17H22F3IN4O2. The Kier molecular flexibility index (Phi) is 9.97. The average molecular weight is 498 g/mol. The highest BCUT2D eigenvalue weighted by Crippen LogP contribution is 2.20. The highest BCUT2D eigenvalue weighted by atomic mass is 127. The predicted octanol–water partition coefficient (Wildman–Crippen LogP) is 3.53. The lowest BCUT2D eigenvalue weighted by atomic mass is 10.3. The molecule has 0 saturated carbocycles. The summed E-state index contributed by atoms with van der Waals surface area (Å²) in [5.74, 6) is 1.33. The Bertz CT molecular complexity index is 694. The first-order valence-electron chi connectivity index (χ1n) is 8.16. The standard InChI is InChI=1S/C17H21F3N4O2.HI/c1-2-21-16(23-9-7-14-6-4-10-25-14)24-11-13-5-3-8-22-15(13)26-12-17(18,19)20;/h3-6,8,10H,2,7,9,11-12H2,1H3,(H2,21,23,24);1H. The van der Waals surface area contributed by atoms with Crippen LogP contribution in [0.3, 0.4) is 0 Å². The van der Waals surface area contributed by atoms with Gasteiger partial charge < -0.3 is 19.8 Å². The zero-order valence-corrected chi connectivity index (χ0v) is 17.1. The molecule has 2 aromatic heterocycles. The molecule has 2 rings (SSSR count). The fourth-order valence-electron chi connectivity index (χ4n) is 2.09. The zero-order valence-electron chi connectivity index (χ0n) is 14.8. The number of aromatic nitrogens is 1. The van der Waals surface area contributed by atoms with Gasteiger partial charge in [0.2, 0.25) is 5.88 Å². The molecule has 6 nitrogen and oxygen atoms in total. The number of rotatable bonds is 8. The Morgan fingerprint density at radius 2 is 2.07 bits per heavy atom. The fourth-order valence-corrected chi connectivity index (χ4v) is 2.09. The summed E-state index contributed by atoms with van der Waals surface area (Å²) in [7, 11) is 0. The van der Waals surface area contributed by atoms with Crippen molar-refractivity contribution in [2.24, 2.45) is 4.99 Å². The first-order valence-corrected chi connectivity index (χ1v) is 8.16. The van der Waals surface area contributed by atoms with Gasteiger partial charge in [0.15, 0.2) is 12.6 Å². The quantitative estimate of drug-likeness (QED) is 0.331. The molecule has 2 aromatic rings. The molecule has 2 heterocycles. The Labute approximate surface area is 172 Å². The second-order valence-electron chi connectivity index (χ2n) is 5.32. The van der Waals surface area contributed by atoms with Crippen LogP contribution in [-0.2, 0) is 13.0 Å². The molecule has 150 valence electrons. The van der Waals surface area contributed by atoms with Crippen LogP contribution in [0.5, 0.6) is 5.88 Å². The second kappa shape index (κ2) is 11.7. The van der Waals surface area contributed by atoms with E-state index in [1.54, 1.807) is 18.4 Å². The van der Waals surface area contributed by atoms with Crippen molar-refractivity contribution >= 4 is 29.9 Å². The molecule has 0 aliphatic heterocycles. The van der Waals surface area contributed by atoms with Crippen molar-refractivity contribution in [3.63, 3.8) is 0 Å². The third-order valence-electron chi connectivity index (χ3n) is 3.22. The van der Waals surface area contributed by atoms with Crippen LogP contribution in [0.15, 0.2) is 46.1 Å². The van der Waals surface area contributed by atoms with Crippen molar-refractivity contribution in [3.05, 3.63) is 48.0 Å². The Morgan fingerprint density at radius 1 is 1.26 bits per heavy atom. The number of furan rings is 1. The minimum absolute atomic E-state index is 0. The summed E-state index contributed by atoms with van der Waals surface area (Å²) in [5.41, 5.74) is 0.472. The molecule has 0 amide bonds. The summed E-state index contributed by atoms with van der Waals surface area (Å²) < 4.78 is 47.0. The van der Waals surface area contributed by atoms with Crippen LogP contribution in [0.4, 0.5) is 13.2 Å². The van der Waals surface area contributed by atoms with Crippen LogP contribution in [0.25, 0.3) is 0 Å². The van der Waals surface area contributed by atoms with Crippen LogP contribution in [0.2, 0.25) is 0 Å². The first-order chi connectivity index (χ1) is 12.5. The number of nitrogens with one attached hydrogen (secondary N) is 2. The molecule has 10 heteroatoms. The number of hydrogen-bond donors (Lipinski definition) is 2. The molecule has 0 fully saturated rings. The van der Waals surface area contributed by atoms with E-state index in [4.69, 9.17) is 9.15 Å². The molecule has 0 spiro atoms. The Balaban J connectivity index is 0.00000364. The van der Waals surface area contributed by atoms with Gasteiger partial charge in [-0.05, 0) is 25.1 Å². The molecular weight excluding hydrogens is 476 g/mol. The summed E-state index contributed by atoms with van der Waals surface area (Å²) in [6.07, 6.45) is -0.740. The zero-order chi connectivity index (χ0) is 18.8. The minimum atomic E-state index is -4.42. The molecule has 0 bridgehead atoms. The lowest BCUT2D eigenvalue weighted by Gasteiger charge is -2.13. The summed E-state index contributed by atoms with van der Waals surface area (Å²) >= 11 is 0. The van der Waals surface area contributed by atoms with Gasteiger partial charge in [0.25, 0.3) is 0 Å². The van der Waals surface area contributed by atoms with Crippen LogP contribution in [-0.4, -0.2) is 36.8 Å². The van der Waals surface area contributed by atoms with Gasteiger partial charge in [-0.1, -0.05) is 6.07 Å². The van der Waals surface area contributed by atoms with Gasteiger partial charge in [-0.25, -0.2) is 9.98 Å². The van der Waals surface area contributed by atoms with Gasteiger partial charge >= 0.3 is 6.18 Å². The van der Waals surface area contributed by atoms with Crippen molar-refractivity contribution in [1.82, 2.24) is 15.6 Å². The number of ether oxygens (including phenoxy) is 1. The number of nitrogens with zero attached hydrogens (tertiary/aromatic N) is 2. The normalized spacial score (nSPS) is 11.6. The van der Waals surface area contributed by atoms with E-state index in [0.717, 1.165) is 5.76 Å². The smallest absolute Gasteiger partial charge is 0.422 e. The molecule has 0 atom stereocenters. The van der Waals surface area contributed by atoms with Crippen LogP contribution >= 0.6 is 24.0 Å². The van der Waals surface area contributed by atoms with Gasteiger partial charge in [-0.2, -0.15) is 13.2 Å². The number of pyridine rings is 1. The number of hydrogen-bond acceptors (Lipinski definition) is 4. The summed E-state index contributed by atoms with van der Waals surface area (Å²) in [6.45, 7) is 1.92. The lowest BCUT2D eigenvalue weighted by Crippen LogP contribution is -2.38. The fraction of sp³-hybridized carbons (Fsp3) is 0.412. The number of aliphatic imine (C=N–C) groups is 1. The molecule has 0 aromatic carbocycles. The molecule has 0 unspecified atom stereocenters. The van der Waals surface area contributed by atoms with Crippen molar-refractivity contribution in [2.75, 3.05) is 19.7 Å². The van der Waals surface area contributed by atoms with E-state index in [-0.39, 0.29) is 36.4 Å². The molecule has 2 N–H and O–H groups in total. The van der Waals surface area contributed by atoms with Gasteiger partial charge in [0.05, 0.1) is 12.8 Å². The van der Waals surface area contributed by atoms with Crippen LogP contribution in [0, 0.1) is 0 Å². The molecule has 0 radical (unpaired) electrons. The maximum Gasteiger partial charge on any atom is 0.422 e. The maximum absolute atomic E-state index is 12.3. The summed E-state index contributed by atoms with van der Waals surface area (Å²) in [6, 6.07) is 6.96. The highest BCUT2D eigenvalue weighted by molar-refractivity contribution is 14.0. The third kappa shape index (κ3) is 8.98. The average Bonchev–Trinajstić information content (AvgIpc) is 3.11. The van der Waals surface area contributed by atoms with Crippen LogP contribution in [0.1, 0.15) is 18.2 Å². The largest absolute Gasteiger partial charge is 0.469 e. The Hall–Kier alpha value is -1.98. The highest BCUT2D eigenvalue weighted by Gasteiger charge is 2.29. The second-order valence-corrected chi connectivity index (χ2v) is 5.32. The van der Waals surface area contributed by atoms with E-state index in [1.807, 2.05) is 19.1 Å². The summed E-state index contributed by atoms with van der Waals surface area (Å²) in [4.78, 5) is 8.23. The van der Waals surface area contributed by atoms with Gasteiger partial charge in [-0.15, -0.1) is 24.0 Å². The van der Waals surface area contributed by atoms with E-state index in [0.29, 0.717) is 31.0 Å². The van der Waals surface area contributed by atoms with Gasteiger partial charge in [-0.3, -0.25) is 0 Å². The van der Waals surface area contributed by atoms with E-state index >= 15 is 0 Å². The number of halogens is 4. The molecule has 0 saturated heterocycles. The van der Waals surface area contributed by atoms with E-state index < -0.39 is 12.8 Å². The van der Waals surface area contributed by atoms with Crippen LogP contribution < -0.4 is 15.4 Å². The maximum atomic E-state index is 12.3. The molecule has 0 aliphatic carbocycles. The predicted molar refractivity (Wildman–Crippen MR) is 106 cm³/mol. The lowest BCUT2D eigenvalue weighted by molar-refractivity contribution is -0.154. The monoisotopic (exact) mass is 498 g/mol. The minimum Gasteiger partial charge on any atom is -0.469 e.